The molecule has 1 aliphatic heterocycles. The Bertz CT molecular complexity index is 472. The van der Waals surface area contributed by atoms with Crippen molar-refractivity contribution in [1.82, 2.24) is 9.78 Å². The number of aromatic nitrogens is 2. The predicted molar refractivity (Wildman–Crippen MR) is 56.7 cm³/mol. The van der Waals surface area contributed by atoms with Gasteiger partial charge in [-0.2, -0.15) is 10.4 Å². The molecule has 2 atom stereocenters. The van der Waals surface area contributed by atoms with Crippen LogP contribution in [0.2, 0.25) is 0 Å². The second-order valence-corrected chi connectivity index (χ2v) is 4.69. The van der Waals surface area contributed by atoms with E-state index >= 15 is 0 Å². The summed E-state index contributed by atoms with van der Waals surface area (Å²) in [5.41, 5.74) is 0.348. The van der Waals surface area contributed by atoms with Gasteiger partial charge in [0.1, 0.15) is 23.5 Å². The summed E-state index contributed by atoms with van der Waals surface area (Å²) >= 11 is 0. The second-order valence-electron chi connectivity index (χ2n) is 4.69. The zero-order valence-electron chi connectivity index (χ0n) is 9.11. The molecule has 6 heteroatoms. The summed E-state index contributed by atoms with van der Waals surface area (Å²) in [5, 5.41) is 16.0. The van der Waals surface area contributed by atoms with E-state index in [2.05, 4.69) is 10.4 Å². The summed E-state index contributed by atoms with van der Waals surface area (Å²) in [4.78, 5) is 0. The SMILES string of the molecule is N#Cc1cnn2c1NC(C1CC1)CC2C(F)F. The molecule has 2 unspecified atom stereocenters. The van der Waals surface area contributed by atoms with Crippen LogP contribution >= 0.6 is 0 Å². The van der Waals surface area contributed by atoms with Gasteiger partial charge in [-0.15, -0.1) is 0 Å². The molecule has 2 aliphatic rings. The Hall–Kier alpha value is -1.64. The van der Waals surface area contributed by atoms with Gasteiger partial charge in [0.25, 0.3) is 6.43 Å². The molecule has 0 radical (unpaired) electrons. The maximum Gasteiger partial charge on any atom is 0.260 e. The van der Waals surface area contributed by atoms with Crippen LogP contribution in [0, 0.1) is 17.2 Å². The minimum absolute atomic E-state index is 0.0605. The maximum atomic E-state index is 13.0. The summed E-state index contributed by atoms with van der Waals surface area (Å²) in [6.45, 7) is 0. The largest absolute Gasteiger partial charge is 0.366 e. The standard InChI is InChI=1S/C11H12F2N4/c12-10(13)9-3-8(6-1-2-6)16-11-7(4-14)5-15-17(9)11/h5-6,8-10,16H,1-3H2. The van der Waals surface area contributed by atoms with Gasteiger partial charge in [0.05, 0.1) is 6.20 Å². The van der Waals surface area contributed by atoms with Crippen LogP contribution in [-0.4, -0.2) is 22.2 Å². The maximum absolute atomic E-state index is 13.0. The summed E-state index contributed by atoms with van der Waals surface area (Å²) in [5.74, 6) is 0.937. The third-order valence-electron chi connectivity index (χ3n) is 3.53. The molecule has 4 nitrogen and oxygen atoms in total. The van der Waals surface area contributed by atoms with Crippen molar-refractivity contribution in [3.63, 3.8) is 0 Å². The van der Waals surface area contributed by atoms with E-state index in [1.807, 2.05) is 6.07 Å². The first-order valence-corrected chi connectivity index (χ1v) is 5.73. The van der Waals surface area contributed by atoms with Crippen LogP contribution < -0.4 is 5.32 Å². The van der Waals surface area contributed by atoms with Gasteiger partial charge in [-0.05, 0) is 25.2 Å². The van der Waals surface area contributed by atoms with Gasteiger partial charge in [0.15, 0.2) is 0 Å². The first kappa shape index (κ1) is 10.5. The Kier molecular flexibility index (Phi) is 2.28. The Morgan fingerprint density at radius 2 is 2.29 bits per heavy atom. The summed E-state index contributed by atoms with van der Waals surface area (Å²) in [6.07, 6.45) is 1.48. The van der Waals surface area contributed by atoms with Crippen molar-refractivity contribution in [1.29, 1.82) is 5.26 Å². The summed E-state index contributed by atoms with van der Waals surface area (Å²) in [7, 11) is 0. The van der Waals surface area contributed by atoms with Crippen molar-refractivity contribution >= 4 is 5.82 Å². The number of fused-ring (bicyclic) bond motifs is 1. The van der Waals surface area contributed by atoms with Crippen LogP contribution in [0.5, 0.6) is 0 Å². The molecule has 1 aliphatic carbocycles. The molecule has 0 amide bonds. The average molecular weight is 238 g/mol. The molecule has 0 spiro atoms. The second kappa shape index (κ2) is 3.69. The fraction of sp³-hybridized carbons (Fsp3) is 0.636. The Labute approximate surface area is 97.2 Å². The van der Waals surface area contributed by atoms with Crippen molar-refractivity contribution in [2.24, 2.45) is 5.92 Å². The number of nitriles is 1. The van der Waals surface area contributed by atoms with Crippen molar-refractivity contribution in [3.05, 3.63) is 11.8 Å². The van der Waals surface area contributed by atoms with Gasteiger partial charge in [-0.3, -0.25) is 0 Å². The van der Waals surface area contributed by atoms with E-state index < -0.39 is 12.5 Å². The minimum Gasteiger partial charge on any atom is -0.366 e. The van der Waals surface area contributed by atoms with Crippen LogP contribution in [-0.2, 0) is 0 Å². The highest BCUT2D eigenvalue weighted by molar-refractivity contribution is 5.53. The van der Waals surface area contributed by atoms with Crippen molar-refractivity contribution in [2.75, 3.05) is 5.32 Å². The molecule has 1 aromatic heterocycles. The zero-order chi connectivity index (χ0) is 12.0. The lowest BCUT2D eigenvalue weighted by molar-refractivity contribution is 0.0645. The molecular formula is C11H12F2N4. The van der Waals surface area contributed by atoms with Gasteiger partial charge >= 0.3 is 0 Å². The number of alkyl halides is 2. The van der Waals surface area contributed by atoms with Crippen LogP contribution in [0.25, 0.3) is 0 Å². The highest BCUT2D eigenvalue weighted by Crippen LogP contribution is 2.42. The molecule has 1 fully saturated rings. The van der Waals surface area contributed by atoms with Crippen molar-refractivity contribution < 1.29 is 8.78 Å². The van der Waals surface area contributed by atoms with Gasteiger partial charge in [-0.1, -0.05) is 0 Å². The molecular weight excluding hydrogens is 226 g/mol. The number of rotatable bonds is 2. The monoisotopic (exact) mass is 238 g/mol. The Morgan fingerprint density at radius 1 is 1.53 bits per heavy atom. The van der Waals surface area contributed by atoms with Gasteiger partial charge < -0.3 is 5.32 Å². The number of halogens is 2. The van der Waals surface area contributed by atoms with Crippen molar-refractivity contribution in [3.8, 4) is 6.07 Å². The fourth-order valence-electron chi connectivity index (χ4n) is 2.45. The third-order valence-corrected chi connectivity index (χ3v) is 3.53. The van der Waals surface area contributed by atoms with Crippen LogP contribution in [0.1, 0.15) is 30.9 Å². The number of nitrogens with one attached hydrogen (secondary N) is 1. The van der Waals surface area contributed by atoms with Gasteiger partial charge in [-0.25, -0.2) is 13.5 Å². The molecule has 3 rings (SSSR count). The van der Waals surface area contributed by atoms with Crippen LogP contribution in [0.4, 0.5) is 14.6 Å². The van der Waals surface area contributed by atoms with E-state index in [1.165, 1.54) is 10.9 Å². The first-order chi connectivity index (χ1) is 8.20. The fourth-order valence-corrected chi connectivity index (χ4v) is 2.45. The van der Waals surface area contributed by atoms with E-state index in [0.717, 1.165) is 12.8 Å². The lowest BCUT2D eigenvalue weighted by atomic mass is 10.0. The minimum atomic E-state index is -2.44. The summed E-state index contributed by atoms with van der Waals surface area (Å²) in [6, 6.07) is 1.14. The highest BCUT2D eigenvalue weighted by atomic mass is 19.3. The molecule has 0 bridgehead atoms. The number of anilines is 1. The van der Waals surface area contributed by atoms with E-state index in [-0.39, 0.29) is 6.04 Å². The zero-order valence-corrected chi connectivity index (χ0v) is 9.11. The molecule has 1 saturated carbocycles. The normalized spacial score (nSPS) is 27.4. The van der Waals surface area contributed by atoms with E-state index in [9.17, 15) is 8.78 Å². The van der Waals surface area contributed by atoms with Gasteiger partial charge in [0, 0.05) is 6.04 Å². The molecule has 0 saturated heterocycles. The van der Waals surface area contributed by atoms with E-state index in [0.29, 0.717) is 23.7 Å². The molecule has 17 heavy (non-hydrogen) atoms. The average Bonchev–Trinajstić information content (AvgIpc) is 3.08. The van der Waals surface area contributed by atoms with E-state index in [4.69, 9.17) is 5.26 Å². The smallest absolute Gasteiger partial charge is 0.260 e. The molecule has 0 aromatic carbocycles. The lowest BCUT2D eigenvalue weighted by Gasteiger charge is -2.32. The number of hydrogen-bond donors (Lipinski definition) is 1. The Morgan fingerprint density at radius 3 is 2.88 bits per heavy atom. The topological polar surface area (TPSA) is 53.6 Å². The number of hydrogen-bond acceptors (Lipinski definition) is 3. The van der Waals surface area contributed by atoms with Crippen LogP contribution in [0.3, 0.4) is 0 Å². The molecule has 2 heterocycles. The van der Waals surface area contributed by atoms with Crippen molar-refractivity contribution in [2.45, 2.75) is 37.8 Å². The molecule has 1 N–H and O–H groups in total. The van der Waals surface area contributed by atoms with E-state index in [1.54, 1.807) is 0 Å². The molecule has 1 aromatic rings. The third kappa shape index (κ3) is 1.66. The van der Waals surface area contributed by atoms with Crippen LogP contribution in [0.15, 0.2) is 6.20 Å². The van der Waals surface area contributed by atoms with Gasteiger partial charge in [0.2, 0.25) is 0 Å². The number of nitrogens with zero attached hydrogens (tertiary/aromatic N) is 3. The lowest BCUT2D eigenvalue weighted by Crippen LogP contribution is -2.36. The highest BCUT2D eigenvalue weighted by Gasteiger charge is 2.41. The predicted octanol–water partition coefficient (Wildman–Crippen LogP) is 2.16. The summed E-state index contributed by atoms with van der Waals surface area (Å²) < 4.78 is 27.3. The quantitative estimate of drug-likeness (QED) is 0.858. The Balaban J connectivity index is 1.98. The molecule has 90 valence electrons. The first-order valence-electron chi connectivity index (χ1n) is 5.73.